The van der Waals surface area contributed by atoms with Crippen LogP contribution in [-0.2, 0) is 4.79 Å². The molecule has 0 heterocycles. The monoisotopic (exact) mass is 448 g/mol. The minimum Gasteiger partial charge on any atom is -0.494 e. The third-order valence-corrected chi connectivity index (χ3v) is 4.92. The number of benzene rings is 3. The Labute approximate surface area is 193 Å². The molecule has 2 N–H and O–H groups in total. The van der Waals surface area contributed by atoms with E-state index in [0.717, 1.165) is 11.3 Å². The van der Waals surface area contributed by atoms with Crippen LogP contribution in [0.2, 0.25) is 0 Å². The maximum absolute atomic E-state index is 12.5. The van der Waals surface area contributed by atoms with Gasteiger partial charge in [0.05, 0.1) is 32.2 Å². The largest absolute Gasteiger partial charge is 0.494 e. The van der Waals surface area contributed by atoms with E-state index in [1.54, 1.807) is 36.4 Å². The van der Waals surface area contributed by atoms with Crippen molar-refractivity contribution >= 4 is 23.2 Å². The van der Waals surface area contributed by atoms with Gasteiger partial charge in [0.1, 0.15) is 17.2 Å². The first-order chi connectivity index (χ1) is 16.0. The maximum Gasteiger partial charge on any atom is 0.255 e. The molecule has 0 bridgehead atoms. The zero-order valence-electron chi connectivity index (χ0n) is 19.0. The van der Waals surface area contributed by atoms with Gasteiger partial charge in [-0.3, -0.25) is 9.59 Å². The third kappa shape index (κ3) is 6.74. The lowest BCUT2D eigenvalue weighted by Gasteiger charge is -2.16. The SMILES string of the molecule is COc1cc(NC(=O)c2ccccc2)c(OC)cc1NC(=O)CCCOc1ccc(C)cc1. The van der Waals surface area contributed by atoms with Crippen LogP contribution in [0.3, 0.4) is 0 Å². The maximum atomic E-state index is 12.5. The topological polar surface area (TPSA) is 85.9 Å². The highest BCUT2D eigenvalue weighted by molar-refractivity contribution is 6.05. The van der Waals surface area contributed by atoms with E-state index in [2.05, 4.69) is 10.6 Å². The van der Waals surface area contributed by atoms with E-state index >= 15 is 0 Å². The van der Waals surface area contributed by atoms with Gasteiger partial charge in [0.15, 0.2) is 0 Å². The number of ether oxygens (including phenoxy) is 3. The molecule has 7 nitrogen and oxygen atoms in total. The number of methoxy groups -OCH3 is 2. The number of anilines is 2. The molecular formula is C26H28N2O5. The van der Waals surface area contributed by atoms with Crippen LogP contribution in [0.5, 0.6) is 17.2 Å². The minimum atomic E-state index is -0.277. The summed E-state index contributed by atoms with van der Waals surface area (Å²) in [6.07, 6.45) is 0.841. The summed E-state index contributed by atoms with van der Waals surface area (Å²) >= 11 is 0. The van der Waals surface area contributed by atoms with Crippen LogP contribution in [0, 0.1) is 6.92 Å². The molecule has 0 aromatic heterocycles. The Morgan fingerprint density at radius 3 is 2.03 bits per heavy atom. The molecule has 0 aliphatic carbocycles. The van der Waals surface area contributed by atoms with E-state index < -0.39 is 0 Å². The van der Waals surface area contributed by atoms with Crippen molar-refractivity contribution in [2.75, 3.05) is 31.5 Å². The van der Waals surface area contributed by atoms with E-state index in [4.69, 9.17) is 14.2 Å². The molecule has 0 aliphatic heterocycles. The standard InChI is InChI=1S/C26H28N2O5/c1-18-11-13-20(14-12-18)33-15-7-10-25(29)27-21-16-24(32-3)22(17-23(21)31-2)28-26(30)19-8-5-4-6-9-19/h4-6,8-9,11-14,16-17H,7,10,15H2,1-3H3,(H,27,29)(H,28,30). The Kier molecular flexibility index (Phi) is 8.30. The summed E-state index contributed by atoms with van der Waals surface area (Å²) in [6, 6.07) is 19.9. The van der Waals surface area contributed by atoms with Crippen molar-refractivity contribution in [1.82, 2.24) is 0 Å². The average molecular weight is 449 g/mol. The van der Waals surface area contributed by atoms with Crippen LogP contribution >= 0.6 is 0 Å². The van der Waals surface area contributed by atoms with Gasteiger partial charge < -0.3 is 24.8 Å². The molecule has 0 radical (unpaired) electrons. The van der Waals surface area contributed by atoms with Gasteiger partial charge in [0.2, 0.25) is 5.91 Å². The van der Waals surface area contributed by atoms with Crippen molar-refractivity contribution in [2.24, 2.45) is 0 Å². The Morgan fingerprint density at radius 2 is 1.42 bits per heavy atom. The lowest BCUT2D eigenvalue weighted by Crippen LogP contribution is -2.15. The van der Waals surface area contributed by atoms with Gasteiger partial charge in [-0.25, -0.2) is 0 Å². The van der Waals surface area contributed by atoms with Crippen molar-refractivity contribution in [2.45, 2.75) is 19.8 Å². The second-order valence-electron chi connectivity index (χ2n) is 7.39. The molecule has 0 aliphatic rings. The number of carbonyl (C=O) groups excluding carboxylic acids is 2. The Balaban J connectivity index is 1.60. The number of rotatable bonds is 10. The molecule has 172 valence electrons. The van der Waals surface area contributed by atoms with Gasteiger partial charge in [0.25, 0.3) is 5.91 Å². The van der Waals surface area contributed by atoms with Crippen molar-refractivity contribution in [3.8, 4) is 17.2 Å². The van der Waals surface area contributed by atoms with Gasteiger partial charge in [0, 0.05) is 24.1 Å². The highest BCUT2D eigenvalue weighted by Gasteiger charge is 2.16. The van der Waals surface area contributed by atoms with Gasteiger partial charge in [-0.1, -0.05) is 35.9 Å². The molecule has 0 unspecified atom stereocenters. The van der Waals surface area contributed by atoms with Gasteiger partial charge in [-0.2, -0.15) is 0 Å². The first-order valence-corrected chi connectivity index (χ1v) is 10.6. The number of aryl methyl sites for hydroxylation is 1. The average Bonchev–Trinajstić information content (AvgIpc) is 2.84. The molecule has 0 spiro atoms. The Hall–Kier alpha value is -4.00. The third-order valence-electron chi connectivity index (χ3n) is 4.92. The Morgan fingerprint density at radius 1 is 0.818 bits per heavy atom. The quantitative estimate of drug-likeness (QED) is 0.423. The second-order valence-corrected chi connectivity index (χ2v) is 7.39. The summed E-state index contributed by atoms with van der Waals surface area (Å²) < 4.78 is 16.5. The lowest BCUT2D eigenvalue weighted by atomic mass is 10.2. The van der Waals surface area contributed by atoms with Gasteiger partial charge in [-0.15, -0.1) is 0 Å². The predicted molar refractivity (Wildman–Crippen MR) is 128 cm³/mol. The fourth-order valence-corrected chi connectivity index (χ4v) is 3.15. The van der Waals surface area contributed by atoms with E-state index in [0.29, 0.717) is 41.5 Å². The van der Waals surface area contributed by atoms with Crippen molar-refractivity contribution in [3.05, 3.63) is 77.9 Å². The van der Waals surface area contributed by atoms with Crippen LogP contribution in [-0.4, -0.2) is 32.6 Å². The fourth-order valence-electron chi connectivity index (χ4n) is 3.15. The number of hydrogen-bond acceptors (Lipinski definition) is 5. The van der Waals surface area contributed by atoms with Crippen LogP contribution < -0.4 is 24.8 Å². The summed E-state index contributed by atoms with van der Waals surface area (Å²) in [5.41, 5.74) is 2.57. The highest BCUT2D eigenvalue weighted by atomic mass is 16.5. The highest BCUT2D eigenvalue weighted by Crippen LogP contribution is 2.36. The van der Waals surface area contributed by atoms with Crippen molar-refractivity contribution in [1.29, 1.82) is 0 Å². The van der Waals surface area contributed by atoms with Crippen LogP contribution in [0.1, 0.15) is 28.8 Å². The molecule has 3 aromatic carbocycles. The fraction of sp³-hybridized carbons (Fsp3) is 0.231. The molecule has 7 heteroatoms. The summed E-state index contributed by atoms with van der Waals surface area (Å²) in [7, 11) is 2.99. The zero-order valence-corrected chi connectivity index (χ0v) is 19.0. The van der Waals surface area contributed by atoms with E-state index in [1.807, 2.05) is 37.3 Å². The van der Waals surface area contributed by atoms with E-state index in [9.17, 15) is 9.59 Å². The summed E-state index contributed by atoms with van der Waals surface area (Å²) in [4.78, 5) is 25.0. The molecule has 2 amide bonds. The molecule has 0 saturated heterocycles. The molecular weight excluding hydrogens is 420 g/mol. The first kappa shape index (κ1) is 23.7. The summed E-state index contributed by atoms with van der Waals surface area (Å²) in [6.45, 7) is 2.45. The molecule has 3 aromatic rings. The molecule has 0 atom stereocenters. The molecule has 0 fully saturated rings. The molecule has 33 heavy (non-hydrogen) atoms. The number of amides is 2. The molecule has 0 saturated carbocycles. The normalized spacial score (nSPS) is 10.3. The first-order valence-electron chi connectivity index (χ1n) is 10.6. The lowest BCUT2D eigenvalue weighted by molar-refractivity contribution is -0.116. The van der Waals surface area contributed by atoms with Crippen LogP contribution in [0.15, 0.2) is 66.7 Å². The van der Waals surface area contributed by atoms with E-state index in [1.165, 1.54) is 14.2 Å². The summed E-state index contributed by atoms with van der Waals surface area (Å²) in [5, 5.41) is 5.66. The Bertz CT molecular complexity index is 1080. The van der Waals surface area contributed by atoms with E-state index in [-0.39, 0.29) is 18.2 Å². The second kappa shape index (κ2) is 11.6. The smallest absolute Gasteiger partial charge is 0.255 e. The van der Waals surface area contributed by atoms with Crippen molar-refractivity contribution < 1.29 is 23.8 Å². The number of carbonyl (C=O) groups is 2. The van der Waals surface area contributed by atoms with Gasteiger partial charge in [-0.05, 0) is 37.6 Å². The van der Waals surface area contributed by atoms with Crippen LogP contribution in [0.25, 0.3) is 0 Å². The summed E-state index contributed by atoms with van der Waals surface area (Å²) in [5.74, 6) is 1.13. The number of hydrogen-bond donors (Lipinski definition) is 2. The van der Waals surface area contributed by atoms with Crippen molar-refractivity contribution in [3.63, 3.8) is 0 Å². The predicted octanol–water partition coefficient (Wildman–Crippen LogP) is 5.06. The minimum absolute atomic E-state index is 0.177. The zero-order chi connectivity index (χ0) is 23.6. The molecule has 3 rings (SSSR count). The van der Waals surface area contributed by atoms with Crippen LogP contribution in [0.4, 0.5) is 11.4 Å². The number of nitrogens with one attached hydrogen (secondary N) is 2. The van der Waals surface area contributed by atoms with Gasteiger partial charge >= 0.3 is 0 Å².